The lowest BCUT2D eigenvalue weighted by Gasteiger charge is -2.20. The molecule has 0 atom stereocenters. The molecule has 0 spiro atoms. The Morgan fingerprint density at radius 3 is 2.54 bits per heavy atom. The Morgan fingerprint density at radius 2 is 1.92 bits per heavy atom. The summed E-state index contributed by atoms with van der Waals surface area (Å²) in [4.78, 5) is 0. The van der Waals surface area contributed by atoms with Crippen LogP contribution in [0.25, 0.3) is 0 Å². The molecule has 0 bridgehead atoms. The Hall–Kier alpha value is -1.02. The predicted octanol–water partition coefficient (Wildman–Crippen LogP) is 2.43. The summed E-state index contributed by atoms with van der Waals surface area (Å²) in [6.07, 6.45) is 2.45. The van der Waals surface area contributed by atoms with Crippen molar-refractivity contribution in [1.29, 1.82) is 0 Å². The third kappa shape index (κ3) is 3.47. The van der Waals surface area contributed by atoms with Gasteiger partial charge in [-0.1, -0.05) is 31.5 Å². The van der Waals surface area contributed by atoms with Gasteiger partial charge in [-0.05, 0) is 18.6 Å². The minimum absolute atomic E-state index is 1.04. The van der Waals surface area contributed by atoms with Gasteiger partial charge in [0.05, 0.1) is 5.69 Å². The number of rotatable bonds is 5. The number of benzene rings is 1. The second-order valence-electron chi connectivity index (χ2n) is 3.16. The van der Waals surface area contributed by atoms with E-state index in [2.05, 4.69) is 29.5 Å². The molecule has 0 aromatic heterocycles. The SMILES string of the molecule is CCCCNN(C)c1ccccc1. The molecule has 0 heterocycles. The zero-order chi connectivity index (χ0) is 9.52. The number of hydrazine groups is 1. The zero-order valence-corrected chi connectivity index (χ0v) is 8.46. The van der Waals surface area contributed by atoms with Crippen LogP contribution in [0.15, 0.2) is 30.3 Å². The summed E-state index contributed by atoms with van der Waals surface area (Å²) in [7, 11) is 2.05. The summed E-state index contributed by atoms with van der Waals surface area (Å²) in [5, 5.41) is 2.07. The average Bonchev–Trinajstić information content (AvgIpc) is 2.19. The Kier molecular flexibility index (Phi) is 4.33. The molecule has 2 nitrogen and oxygen atoms in total. The highest BCUT2D eigenvalue weighted by Crippen LogP contribution is 2.07. The molecule has 0 unspecified atom stereocenters. The van der Waals surface area contributed by atoms with E-state index in [4.69, 9.17) is 0 Å². The van der Waals surface area contributed by atoms with Crippen molar-refractivity contribution in [3.8, 4) is 0 Å². The fourth-order valence-electron chi connectivity index (χ4n) is 1.17. The molecule has 0 aliphatic carbocycles. The van der Waals surface area contributed by atoms with E-state index in [1.165, 1.54) is 18.5 Å². The van der Waals surface area contributed by atoms with E-state index in [1.54, 1.807) is 0 Å². The third-order valence-electron chi connectivity index (χ3n) is 2.02. The Bertz CT molecular complexity index is 221. The minimum Gasteiger partial charge on any atom is -0.312 e. The quantitative estimate of drug-likeness (QED) is 0.550. The third-order valence-corrected chi connectivity index (χ3v) is 2.02. The van der Waals surface area contributed by atoms with Crippen LogP contribution in [0, 0.1) is 0 Å². The summed E-state index contributed by atoms with van der Waals surface area (Å²) in [6, 6.07) is 10.3. The van der Waals surface area contributed by atoms with Crippen molar-refractivity contribution in [3.05, 3.63) is 30.3 Å². The van der Waals surface area contributed by atoms with E-state index in [0.29, 0.717) is 0 Å². The van der Waals surface area contributed by atoms with Crippen molar-refractivity contribution in [3.63, 3.8) is 0 Å². The molecule has 1 N–H and O–H groups in total. The molecular formula is C11H18N2. The standard InChI is InChI=1S/C11H18N2/c1-3-4-10-12-13(2)11-8-6-5-7-9-11/h5-9,12H,3-4,10H2,1-2H3. The van der Waals surface area contributed by atoms with E-state index in [-0.39, 0.29) is 0 Å². The molecule has 1 aromatic carbocycles. The lowest BCUT2D eigenvalue weighted by atomic mass is 10.3. The molecule has 2 heteroatoms. The normalized spacial score (nSPS) is 10.0. The van der Waals surface area contributed by atoms with E-state index < -0.39 is 0 Å². The Morgan fingerprint density at radius 1 is 1.23 bits per heavy atom. The molecule has 0 amide bonds. The van der Waals surface area contributed by atoms with Crippen molar-refractivity contribution in [2.45, 2.75) is 19.8 Å². The molecule has 72 valence electrons. The van der Waals surface area contributed by atoms with E-state index in [0.717, 1.165) is 6.54 Å². The van der Waals surface area contributed by atoms with E-state index >= 15 is 0 Å². The molecule has 0 aliphatic rings. The van der Waals surface area contributed by atoms with Gasteiger partial charge in [0.2, 0.25) is 0 Å². The lowest BCUT2D eigenvalue weighted by molar-refractivity contribution is 0.632. The summed E-state index contributed by atoms with van der Waals surface area (Å²) < 4.78 is 0. The maximum absolute atomic E-state index is 3.33. The van der Waals surface area contributed by atoms with Crippen LogP contribution >= 0.6 is 0 Å². The number of hydrogen-bond donors (Lipinski definition) is 1. The first-order chi connectivity index (χ1) is 6.34. The molecular weight excluding hydrogens is 160 g/mol. The van der Waals surface area contributed by atoms with Crippen LogP contribution < -0.4 is 10.4 Å². The monoisotopic (exact) mass is 178 g/mol. The van der Waals surface area contributed by atoms with Crippen molar-refractivity contribution >= 4 is 5.69 Å². The first-order valence-corrected chi connectivity index (χ1v) is 4.87. The molecule has 0 radical (unpaired) electrons. The van der Waals surface area contributed by atoms with Gasteiger partial charge in [0.15, 0.2) is 0 Å². The molecule has 0 saturated heterocycles. The summed E-state index contributed by atoms with van der Waals surface area (Å²) in [5.41, 5.74) is 4.54. The highest BCUT2D eigenvalue weighted by Gasteiger charge is 1.96. The highest BCUT2D eigenvalue weighted by molar-refractivity contribution is 5.43. The van der Waals surface area contributed by atoms with Gasteiger partial charge in [0.1, 0.15) is 0 Å². The lowest BCUT2D eigenvalue weighted by Crippen LogP contribution is -2.34. The van der Waals surface area contributed by atoms with Gasteiger partial charge in [-0.3, -0.25) is 0 Å². The van der Waals surface area contributed by atoms with Crippen LogP contribution in [0.4, 0.5) is 5.69 Å². The topological polar surface area (TPSA) is 15.3 Å². The fourth-order valence-corrected chi connectivity index (χ4v) is 1.17. The zero-order valence-electron chi connectivity index (χ0n) is 8.46. The van der Waals surface area contributed by atoms with Crippen molar-refractivity contribution in [2.24, 2.45) is 0 Å². The maximum atomic E-state index is 3.33. The van der Waals surface area contributed by atoms with Crippen LogP contribution in [0.2, 0.25) is 0 Å². The van der Waals surface area contributed by atoms with Crippen LogP contribution in [0.3, 0.4) is 0 Å². The van der Waals surface area contributed by atoms with Crippen LogP contribution in [-0.2, 0) is 0 Å². The number of para-hydroxylation sites is 1. The van der Waals surface area contributed by atoms with Crippen molar-refractivity contribution < 1.29 is 0 Å². The van der Waals surface area contributed by atoms with E-state index in [1.807, 2.05) is 25.2 Å². The number of unbranched alkanes of at least 4 members (excludes halogenated alkanes) is 1. The molecule has 1 aromatic rings. The van der Waals surface area contributed by atoms with Gasteiger partial charge >= 0.3 is 0 Å². The Labute approximate surface area is 80.5 Å². The number of nitrogens with one attached hydrogen (secondary N) is 1. The second kappa shape index (κ2) is 5.60. The number of nitrogens with zero attached hydrogens (tertiary/aromatic N) is 1. The number of hydrogen-bond acceptors (Lipinski definition) is 2. The van der Waals surface area contributed by atoms with Crippen LogP contribution in [-0.4, -0.2) is 13.6 Å². The Balaban J connectivity index is 2.35. The average molecular weight is 178 g/mol. The summed E-state index contributed by atoms with van der Waals surface area (Å²) in [6.45, 7) is 3.24. The molecule has 0 fully saturated rings. The van der Waals surface area contributed by atoms with Crippen LogP contribution in [0.5, 0.6) is 0 Å². The first kappa shape index (κ1) is 10.1. The van der Waals surface area contributed by atoms with Gasteiger partial charge in [-0.2, -0.15) is 0 Å². The van der Waals surface area contributed by atoms with Crippen molar-refractivity contribution in [1.82, 2.24) is 5.43 Å². The fraction of sp³-hybridized carbons (Fsp3) is 0.455. The van der Waals surface area contributed by atoms with Gasteiger partial charge in [-0.25, -0.2) is 5.43 Å². The molecule has 13 heavy (non-hydrogen) atoms. The van der Waals surface area contributed by atoms with Gasteiger partial charge in [0, 0.05) is 13.6 Å². The molecule has 1 rings (SSSR count). The summed E-state index contributed by atoms with van der Waals surface area (Å²) >= 11 is 0. The van der Waals surface area contributed by atoms with Gasteiger partial charge in [-0.15, -0.1) is 0 Å². The van der Waals surface area contributed by atoms with Crippen LogP contribution in [0.1, 0.15) is 19.8 Å². The number of anilines is 1. The predicted molar refractivity (Wildman–Crippen MR) is 57.8 cm³/mol. The van der Waals surface area contributed by atoms with Crippen molar-refractivity contribution in [2.75, 3.05) is 18.6 Å². The van der Waals surface area contributed by atoms with Gasteiger partial charge in [0.25, 0.3) is 0 Å². The smallest absolute Gasteiger partial charge is 0.0516 e. The second-order valence-corrected chi connectivity index (χ2v) is 3.16. The maximum Gasteiger partial charge on any atom is 0.0516 e. The molecule has 0 aliphatic heterocycles. The molecule has 0 saturated carbocycles. The summed E-state index contributed by atoms with van der Waals surface area (Å²) in [5.74, 6) is 0. The minimum atomic E-state index is 1.04. The van der Waals surface area contributed by atoms with Gasteiger partial charge < -0.3 is 5.01 Å². The highest BCUT2D eigenvalue weighted by atomic mass is 15.5. The first-order valence-electron chi connectivity index (χ1n) is 4.87. The van der Waals surface area contributed by atoms with E-state index in [9.17, 15) is 0 Å². The largest absolute Gasteiger partial charge is 0.312 e.